The second kappa shape index (κ2) is 5.09. The highest BCUT2D eigenvalue weighted by Crippen LogP contribution is 2.37. The van der Waals surface area contributed by atoms with Crippen LogP contribution in [0.1, 0.15) is 30.4 Å². The van der Waals surface area contributed by atoms with Crippen molar-refractivity contribution in [2.24, 2.45) is 0 Å². The Kier molecular flexibility index (Phi) is 3.42. The predicted molar refractivity (Wildman–Crippen MR) is 76.2 cm³/mol. The van der Waals surface area contributed by atoms with Crippen LogP contribution in [0, 0.1) is 0 Å². The minimum absolute atomic E-state index is 0.592. The van der Waals surface area contributed by atoms with Crippen LogP contribution in [0.4, 0.5) is 0 Å². The third kappa shape index (κ3) is 2.08. The Balaban J connectivity index is 1.96. The number of aryl methyl sites for hydroxylation is 1. The molecule has 4 nitrogen and oxygen atoms in total. The summed E-state index contributed by atoms with van der Waals surface area (Å²) >= 11 is 0. The van der Waals surface area contributed by atoms with Crippen LogP contribution in [0.2, 0.25) is 0 Å². The Hall–Kier alpha value is -1.55. The molecular weight excluding hydrogens is 254 g/mol. The Morgan fingerprint density at radius 1 is 1.30 bits per heavy atom. The molecule has 1 aromatic carbocycles. The molecule has 2 aliphatic rings. The van der Waals surface area contributed by atoms with E-state index < -0.39 is 11.5 Å². The summed E-state index contributed by atoms with van der Waals surface area (Å²) in [4.78, 5) is 14.1. The van der Waals surface area contributed by atoms with Crippen molar-refractivity contribution in [1.29, 1.82) is 0 Å². The second-order valence-corrected chi connectivity index (χ2v) is 5.84. The van der Waals surface area contributed by atoms with Gasteiger partial charge in [0, 0.05) is 6.42 Å². The molecule has 3 rings (SSSR count). The summed E-state index contributed by atoms with van der Waals surface area (Å²) in [6.45, 7) is 1.82. The summed E-state index contributed by atoms with van der Waals surface area (Å²) < 4.78 is 5.27. The third-order valence-corrected chi connectivity index (χ3v) is 4.81. The van der Waals surface area contributed by atoms with Crippen molar-refractivity contribution < 1.29 is 14.6 Å². The van der Waals surface area contributed by atoms with E-state index in [9.17, 15) is 9.90 Å². The lowest BCUT2D eigenvalue weighted by atomic mass is 9.76. The fourth-order valence-electron chi connectivity index (χ4n) is 3.62. The quantitative estimate of drug-likeness (QED) is 0.918. The zero-order chi connectivity index (χ0) is 14.2. The summed E-state index contributed by atoms with van der Waals surface area (Å²) in [7, 11) is 1.65. The zero-order valence-corrected chi connectivity index (χ0v) is 11.9. The van der Waals surface area contributed by atoms with Gasteiger partial charge in [0.1, 0.15) is 11.3 Å². The van der Waals surface area contributed by atoms with Crippen LogP contribution in [0.25, 0.3) is 0 Å². The highest BCUT2D eigenvalue weighted by Gasteiger charge is 2.47. The number of carbonyl (C=O) groups is 1. The van der Waals surface area contributed by atoms with Gasteiger partial charge in [0.15, 0.2) is 0 Å². The molecule has 1 N–H and O–H groups in total. The average molecular weight is 275 g/mol. The first kappa shape index (κ1) is 13.4. The maximum Gasteiger partial charge on any atom is 0.324 e. The molecule has 1 aromatic rings. The minimum Gasteiger partial charge on any atom is -0.497 e. The highest BCUT2D eigenvalue weighted by molar-refractivity contribution is 5.80. The molecular formula is C16H21NO3. The van der Waals surface area contributed by atoms with E-state index in [4.69, 9.17) is 4.74 Å². The molecule has 0 spiro atoms. The number of rotatable bonds is 3. The minimum atomic E-state index is -0.712. The normalized spacial score (nSPS) is 26.2. The van der Waals surface area contributed by atoms with E-state index in [0.29, 0.717) is 12.8 Å². The van der Waals surface area contributed by atoms with Gasteiger partial charge in [0.2, 0.25) is 0 Å². The lowest BCUT2D eigenvalue weighted by Gasteiger charge is -2.41. The van der Waals surface area contributed by atoms with Crippen LogP contribution in [-0.2, 0) is 17.6 Å². The monoisotopic (exact) mass is 275 g/mol. The number of hydrogen-bond acceptors (Lipinski definition) is 3. The smallest absolute Gasteiger partial charge is 0.324 e. The SMILES string of the molecule is COc1ccc2c(c1)CC(C(=O)O)(N1CCCC1)CC2. The molecule has 0 aromatic heterocycles. The molecule has 0 bridgehead atoms. The Labute approximate surface area is 119 Å². The van der Waals surface area contributed by atoms with Crippen molar-refractivity contribution in [3.63, 3.8) is 0 Å². The number of nitrogens with zero attached hydrogens (tertiary/aromatic N) is 1. The standard InChI is InChI=1S/C16H21NO3/c1-20-14-5-4-12-6-7-16(15(18)19,11-13(12)10-14)17-8-2-3-9-17/h4-5,10H,2-3,6-9,11H2,1H3,(H,18,19). The van der Waals surface area contributed by atoms with Crippen molar-refractivity contribution >= 4 is 5.97 Å². The molecule has 1 aliphatic carbocycles. The van der Waals surface area contributed by atoms with Gasteiger partial charge in [0.05, 0.1) is 7.11 Å². The van der Waals surface area contributed by atoms with Gasteiger partial charge in [-0.2, -0.15) is 0 Å². The largest absolute Gasteiger partial charge is 0.497 e. The Bertz CT molecular complexity index is 522. The molecule has 0 amide bonds. The van der Waals surface area contributed by atoms with Crippen LogP contribution in [0.5, 0.6) is 5.75 Å². The molecule has 1 saturated heterocycles. The molecule has 1 fully saturated rings. The molecule has 4 heteroatoms. The van der Waals surface area contributed by atoms with Gasteiger partial charge in [-0.15, -0.1) is 0 Å². The number of methoxy groups -OCH3 is 1. The summed E-state index contributed by atoms with van der Waals surface area (Å²) in [5, 5.41) is 9.83. The van der Waals surface area contributed by atoms with Gasteiger partial charge >= 0.3 is 5.97 Å². The van der Waals surface area contributed by atoms with Crippen molar-refractivity contribution in [3.05, 3.63) is 29.3 Å². The highest BCUT2D eigenvalue weighted by atomic mass is 16.5. The maximum absolute atomic E-state index is 12.0. The zero-order valence-electron chi connectivity index (χ0n) is 11.9. The molecule has 0 saturated carbocycles. The first-order chi connectivity index (χ1) is 9.65. The maximum atomic E-state index is 12.0. The molecule has 1 unspecified atom stereocenters. The first-order valence-corrected chi connectivity index (χ1v) is 7.30. The number of benzene rings is 1. The van der Waals surface area contributed by atoms with Crippen LogP contribution in [0.15, 0.2) is 18.2 Å². The van der Waals surface area contributed by atoms with E-state index >= 15 is 0 Å². The Morgan fingerprint density at radius 3 is 2.70 bits per heavy atom. The average Bonchev–Trinajstić information content (AvgIpc) is 3.00. The molecule has 1 heterocycles. The number of carboxylic acid groups (broad SMARTS) is 1. The van der Waals surface area contributed by atoms with E-state index in [0.717, 1.165) is 43.7 Å². The van der Waals surface area contributed by atoms with Crippen molar-refractivity contribution in [2.45, 2.75) is 37.6 Å². The lowest BCUT2D eigenvalue weighted by Crippen LogP contribution is -2.56. The molecule has 1 aliphatic heterocycles. The van der Waals surface area contributed by atoms with Gasteiger partial charge in [-0.3, -0.25) is 9.69 Å². The summed E-state index contributed by atoms with van der Waals surface area (Å²) in [6, 6.07) is 6.04. The van der Waals surface area contributed by atoms with Crippen LogP contribution >= 0.6 is 0 Å². The van der Waals surface area contributed by atoms with Gasteiger partial charge in [-0.05, 0) is 62.0 Å². The fraction of sp³-hybridized carbons (Fsp3) is 0.562. The van der Waals surface area contributed by atoms with E-state index in [-0.39, 0.29) is 0 Å². The number of likely N-dealkylation sites (tertiary alicyclic amines) is 1. The van der Waals surface area contributed by atoms with E-state index in [2.05, 4.69) is 11.0 Å². The topological polar surface area (TPSA) is 49.8 Å². The summed E-state index contributed by atoms with van der Waals surface area (Å²) in [5.74, 6) is 0.138. The Morgan fingerprint density at radius 2 is 2.05 bits per heavy atom. The third-order valence-electron chi connectivity index (χ3n) is 4.81. The number of carboxylic acids is 1. The lowest BCUT2D eigenvalue weighted by molar-refractivity contribution is -0.152. The molecule has 1 atom stereocenters. The number of hydrogen-bond donors (Lipinski definition) is 1. The van der Waals surface area contributed by atoms with Gasteiger partial charge < -0.3 is 9.84 Å². The fourth-order valence-corrected chi connectivity index (χ4v) is 3.62. The van der Waals surface area contributed by atoms with Gasteiger partial charge in [0.25, 0.3) is 0 Å². The van der Waals surface area contributed by atoms with Crippen LogP contribution in [0.3, 0.4) is 0 Å². The number of ether oxygens (including phenoxy) is 1. The first-order valence-electron chi connectivity index (χ1n) is 7.30. The van der Waals surface area contributed by atoms with E-state index in [1.165, 1.54) is 5.56 Å². The number of fused-ring (bicyclic) bond motifs is 1. The van der Waals surface area contributed by atoms with Crippen molar-refractivity contribution in [2.75, 3.05) is 20.2 Å². The van der Waals surface area contributed by atoms with Crippen molar-refractivity contribution in [3.8, 4) is 5.75 Å². The van der Waals surface area contributed by atoms with Crippen molar-refractivity contribution in [1.82, 2.24) is 4.90 Å². The van der Waals surface area contributed by atoms with Crippen LogP contribution in [-0.4, -0.2) is 41.7 Å². The molecule has 20 heavy (non-hydrogen) atoms. The van der Waals surface area contributed by atoms with Crippen LogP contribution < -0.4 is 4.74 Å². The van der Waals surface area contributed by atoms with E-state index in [1.54, 1.807) is 7.11 Å². The second-order valence-electron chi connectivity index (χ2n) is 5.84. The van der Waals surface area contributed by atoms with Gasteiger partial charge in [-0.25, -0.2) is 0 Å². The summed E-state index contributed by atoms with van der Waals surface area (Å²) in [5.41, 5.74) is 1.68. The van der Waals surface area contributed by atoms with E-state index in [1.807, 2.05) is 12.1 Å². The predicted octanol–water partition coefficient (Wildman–Crippen LogP) is 2.10. The van der Waals surface area contributed by atoms with Gasteiger partial charge in [-0.1, -0.05) is 6.07 Å². The summed E-state index contributed by atoms with van der Waals surface area (Å²) in [6.07, 6.45) is 4.36. The molecule has 108 valence electrons. The number of aliphatic carboxylic acids is 1. The molecule has 0 radical (unpaired) electrons.